The molecule has 4 nitrogen and oxygen atoms in total. The zero-order valence-electron chi connectivity index (χ0n) is 13.2. The Morgan fingerprint density at radius 1 is 1.29 bits per heavy atom. The topological polar surface area (TPSA) is 38.3 Å². The van der Waals surface area contributed by atoms with Gasteiger partial charge in [-0.3, -0.25) is 0 Å². The maximum atomic E-state index is 5.82. The Balaban J connectivity index is 1.41. The van der Waals surface area contributed by atoms with Gasteiger partial charge in [-0.15, -0.1) is 4.37 Å². The first-order valence-corrected chi connectivity index (χ1v) is 9.74. The van der Waals surface area contributed by atoms with Crippen LogP contribution in [0.25, 0.3) is 0 Å². The molecule has 24 heavy (non-hydrogen) atoms. The van der Waals surface area contributed by atoms with Crippen molar-refractivity contribution in [2.45, 2.75) is 18.8 Å². The van der Waals surface area contributed by atoms with E-state index >= 15 is 0 Å². The Labute approximate surface area is 154 Å². The molecule has 6 heteroatoms. The highest BCUT2D eigenvalue weighted by Crippen LogP contribution is 2.41. The van der Waals surface area contributed by atoms with Gasteiger partial charge in [0.15, 0.2) is 6.61 Å². The van der Waals surface area contributed by atoms with Crippen molar-refractivity contribution in [2.24, 2.45) is 5.92 Å². The molecular weight excluding hydrogens is 386 g/mol. The molecule has 2 aromatic rings. The summed E-state index contributed by atoms with van der Waals surface area (Å²) in [5.41, 5.74) is 2.01. The van der Waals surface area contributed by atoms with E-state index in [1.165, 1.54) is 37.7 Å². The van der Waals surface area contributed by atoms with Crippen molar-refractivity contribution in [3.05, 3.63) is 40.0 Å². The molecule has 5 rings (SSSR count). The number of aromatic nitrogens is 2. The lowest BCUT2D eigenvalue weighted by Gasteiger charge is -2.44. The molecule has 3 saturated heterocycles. The SMILES string of the molecule is Brc1cccc(C#CCOc2nsnc2[C@@H]2CN3CCC2CC3)c1. The summed E-state index contributed by atoms with van der Waals surface area (Å²) in [5, 5.41) is 0. The van der Waals surface area contributed by atoms with Crippen LogP contribution in [0.3, 0.4) is 0 Å². The van der Waals surface area contributed by atoms with E-state index in [-0.39, 0.29) is 0 Å². The Bertz CT molecular complexity index is 774. The van der Waals surface area contributed by atoms with Crippen LogP contribution < -0.4 is 4.74 Å². The van der Waals surface area contributed by atoms with Gasteiger partial charge in [0.25, 0.3) is 0 Å². The van der Waals surface area contributed by atoms with Crippen LogP contribution in [0.4, 0.5) is 0 Å². The van der Waals surface area contributed by atoms with Crippen molar-refractivity contribution in [3.8, 4) is 17.7 Å². The molecule has 1 aromatic carbocycles. The third-order valence-corrected chi connectivity index (χ3v) is 5.85. The van der Waals surface area contributed by atoms with Crippen molar-refractivity contribution in [3.63, 3.8) is 0 Å². The lowest BCUT2D eigenvalue weighted by atomic mass is 9.77. The lowest BCUT2D eigenvalue weighted by Crippen LogP contribution is -2.46. The van der Waals surface area contributed by atoms with Gasteiger partial charge in [-0.2, -0.15) is 4.37 Å². The molecular formula is C18H18BrN3OS. The summed E-state index contributed by atoms with van der Waals surface area (Å²) in [6.45, 7) is 3.89. The minimum absolute atomic E-state index is 0.339. The highest BCUT2D eigenvalue weighted by molar-refractivity contribution is 9.10. The van der Waals surface area contributed by atoms with Gasteiger partial charge in [0.1, 0.15) is 5.69 Å². The fraction of sp³-hybridized carbons (Fsp3) is 0.444. The molecule has 124 valence electrons. The number of ether oxygens (including phenoxy) is 1. The number of benzene rings is 1. The molecule has 2 bridgehead atoms. The number of hydrogen-bond acceptors (Lipinski definition) is 5. The summed E-state index contributed by atoms with van der Waals surface area (Å²) in [5.74, 6) is 8.07. The number of piperidine rings is 3. The van der Waals surface area contributed by atoms with Crippen molar-refractivity contribution in [2.75, 3.05) is 26.2 Å². The molecule has 0 unspecified atom stereocenters. The second kappa shape index (κ2) is 7.22. The predicted octanol–water partition coefficient (Wildman–Crippen LogP) is 3.54. The maximum absolute atomic E-state index is 5.82. The monoisotopic (exact) mass is 403 g/mol. The average molecular weight is 404 g/mol. The Morgan fingerprint density at radius 2 is 2.17 bits per heavy atom. The highest BCUT2D eigenvalue weighted by atomic mass is 79.9. The zero-order chi connectivity index (χ0) is 16.4. The van der Waals surface area contributed by atoms with Crippen LogP contribution in [0, 0.1) is 17.8 Å². The molecule has 0 amide bonds. The highest BCUT2D eigenvalue weighted by Gasteiger charge is 2.38. The van der Waals surface area contributed by atoms with Crippen LogP contribution in [0.15, 0.2) is 28.7 Å². The van der Waals surface area contributed by atoms with Crippen LogP contribution in [-0.2, 0) is 0 Å². The maximum Gasteiger partial charge on any atom is 0.250 e. The summed E-state index contributed by atoms with van der Waals surface area (Å²) in [4.78, 5) is 2.53. The van der Waals surface area contributed by atoms with Crippen molar-refractivity contribution < 1.29 is 4.74 Å². The van der Waals surface area contributed by atoms with E-state index in [9.17, 15) is 0 Å². The summed E-state index contributed by atoms with van der Waals surface area (Å²) < 4.78 is 15.7. The van der Waals surface area contributed by atoms with Gasteiger partial charge in [0.05, 0.1) is 11.7 Å². The number of halogens is 1. The first kappa shape index (κ1) is 16.1. The smallest absolute Gasteiger partial charge is 0.250 e. The Morgan fingerprint density at radius 3 is 2.92 bits per heavy atom. The van der Waals surface area contributed by atoms with Crippen molar-refractivity contribution in [1.29, 1.82) is 0 Å². The number of hydrogen-bond donors (Lipinski definition) is 0. The lowest BCUT2D eigenvalue weighted by molar-refractivity contribution is 0.0843. The number of rotatable bonds is 3. The summed E-state index contributed by atoms with van der Waals surface area (Å²) in [7, 11) is 0. The molecule has 4 heterocycles. The van der Waals surface area contributed by atoms with E-state index < -0.39 is 0 Å². The van der Waals surface area contributed by atoms with E-state index in [0.29, 0.717) is 18.4 Å². The number of fused-ring (bicyclic) bond motifs is 3. The quantitative estimate of drug-likeness (QED) is 0.734. The molecule has 3 aliphatic rings. The van der Waals surface area contributed by atoms with Crippen LogP contribution >= 0.6 is 27.7 Å². The largest absolute Gasteiger partial charge is 0.463 e. The first-order chi connectivity index (χ1) is 11.8. The number of nitrogens with zero attached hydrogens (tertiary/aromatic N) is 3. The molecule has 3 aliphatic heterocycles. The van der Waals surface area contributed by atoms with E-state index in [2.05, 4.69) is 41.4 Å². The van der Waals surface area contributed by atoms with Gasteiger partial charge < -0.3 is 9.64 Å². The van der Waals surface area contributed by atoms with Crippen molar-refractivity contribution >= 4 is 27.7 Å². The van der Waals surface area contributed by atoms with Crippen LogP contribution in [-0.4, -0.2) is 39.9 Å². The van der Waals surface area contributed by atoms with Crippen LogP contribution in [0.5, 0.6) is 5.88 Å². The van der Waals surface area contributed by atoms with Gasteiger partial charge in [-0.25, -0.2) is 0 Å². The molecule has 0 radical (unpaired) electrons. The minimum atomic E-state index is 0.339. The van der Waals surface area contributed by atoms with Gasteiger partial charge in [0.2, 0.25) is 5.88 Å². The van der Waals surface area contributed by atoms with E-state index in [0.717, 1.165) is 28.2 Å². The average Bonchev–Trinajstić information content (AvgIpc) is 3.08. The normalized spacial score (nSPS) is 25.1. The van der Waals surface area contributed by atoms with Gasteiger partial charge in [-0.05, 0) is 50.0 Å². The first-order valence-electron chi connectivity index (χ1n) is 8.21. The molecule has 0 spiro atoms. The van der Waals surface area contributed by atoms with E-state index in [1.807, 2.05) is 24.3 Å². The third kappa shape index (κ3) is 3.49. The zero-order valence-corrected chi connectivity index (χ0v) is 15.6. The fourth-order valence-corrected chi connectivity index (χ4v) is 4.56. The van der Waals surface area contributed by atoms with E-state index in [1.54, 1.807) is 0 Å². The predicted molar refractivity (Wildman–Crippen MR) is 98.3 cm³/mol. The third-order valence-electron chi connectivity index (χ3n) is 4.83. The van der Waals surface area contributed by atoms with Crippen molar-refractivity contribution in [1.82, 2.24) is 13.6 Å². The molecule has 0 aliphatic carbocycles. The second-order valence-electron chi connectivity index (χ2n) is 6.30. The minimum Gasteiger partial charge on any atom is -0.463 e. The van der Waals surface area contributed by atoms with E-state index in [4.69, 9.17) is 4.74 Å². The standard InChI is InChI=1S/C18H18BrN3OS/c19-15-5-1-3-13(11-15)4-2-10-23-18-17(20-24-21-18)16-12-22-8-6-14(16)7-9-22/h1,3,5,11,14,16H,6-10,12H2/t16-/m1/s1. The van der Waals surface area contributed by atoms with Crippen LogP contribution in [0.1, 0.15) is 30.0 Å². The summed E-state index contributed by atoms with van der Waals surface area (Å²) >= 11 is 4.70. The molecule has 0 N–H and O–H groups in total. The van der Waals surface area contributed by atoms with Gasteiger partial charge >= 0.3 is 0 Å². The summed E-state index contributed by atoms with van der Waals surface area (Å²) in [6.07, 6.45) is 2.54. The molecule has 3 fully saturated rings. The summed E-state index contributed by atoms with van der Waals surface area (Å²) in [6, 6.07) is 7.95. The second-order valence-corrected chi connectivity index (χ2v) is 7.74. The molecule has 1 atom stereocenters. The fourth-order valence-electron chi connectivity index (χ4n) is 3.60. The molecule has 0 saturated carbocycles. The Kier molecular flexibility index (Phi) is 4.83. The Hall–Kier alpha value is -1.42. The molecule has 1 aromatic heterocycles. The van der Waals surface area contributed by atoms with Gasteiger partial charge in [-0.1, -0.05) is 33.8 Å². The van der Waals surface area contributed by atoms with Crippen LogP contribution in [0.2, 0.25) is 0 Å². The van der Waals surface area contributed by atoms with Gasteiger partial charge in [0, 0.05) is 22.5 Å².